The van der Waals surface area contributed by atoms with Gasteiger partial charge < -0.3 is 9.47 Å². The minimum Gasteiger partial charge on any atom is -0.495 e. The number of fused-ring (bicyclic) bond motifs is 1. The van der Waals surface area contributed by atoms with Crippen molar-refractivity contribution in [1.82, 2.24) is 4.90 Å². The molecule has 1 heterocycles. The number of benzene rings is 2. The van der Waals surface area contributed by atoms with E-state index in [9.17, 15) is 19.2 Å². The van der Waals surface area contributed by atoms with Gasteiger partial charge in [0.05, 0.1) is 28.8 Å². The predicted molar refractivity (Wildman–Crippen MR) is 95.5 cm³/mol. The molecule has 7 nitrogen and oxygen atoms in total. The van der Waals surface area contributed by atoms with Crippen LogP contribution in [0, 0.1) is 0 Å². The third-order valence-corrected chi connectivity index (χ3v) is 4.43. The Morgan fingerprint density at radius 2 is 1.67 bits per heavy atom. The Bertz CT molecular complexity index is 984. The van der Waals surface area contributed by atoms with Crippen molar-refractivity contribution in [2.24, 2.45) is 0 Å². The first-order valence-electron chi connectivity index (χ1n) is 7.83. The van der Waals surface area contributed by atoms with Crippen molar-refractivity contribution in [2.45, 2.75) is 0 Å². The van der Waals surface area contributed by atoms with Crippen LogP contribution in [0.5, 0.6) is 5.75 Å². The predicted octanol–water partition coefficient (Wildman–Crippen LogP) is 2.61. The summed E-state index contributed by atoms with van der Waals surface area (Å²) in [7, 11) is 2.82. The van der Waals surface area contributed by atoms with Crippen LogP contribution in [-0.4, -0.2) is 49.2 Å². The lowest BCUT2D eigenvalue weighted by Crippen LogP contribution is -2.24. The van der Waals surface area contributed by atoms with Crippen molar-refractivity contribution in [3.05, 3.63) is 63.7 Å². The fourth-order valence-corrected chi connectivity index (χ4v) is 2.88. The standard InChI is InChI=1S/C19H14ClNO6/c1-21-17(23)12-5-3-11(7-13(12)18(21)24)19(25)27-9-15(22)10-4-6-16(26-2)14(20)8-10/h3-8H,9H2,1-2H3. The van der Waals surface area contributed by atoms with Crippen molar-refractivity contribution < 1.29 is 28.7 Å². The van der Waals surface area contributed by atoms with Crippen molar-refractivity contribution in [2.75, 3.05) is 20.8 Å². The van der Waals surface area contributed by atoms with Gasteiger partial charge >= 0.3 is 5.97 Å². The molecule has 0 bridgehead atoms. The van der Waals surface area contributed by atoms with Crippen LogP contribution in [0.3, 0.4) is 0 Å². The fourth-order valence-electron chi connectivity index (χ4n) is 2.63. The van der Waals surface area contributed by atoms with Gasteiger partial charge in [0.2, 0.25) is 0 Å². The molecular formula is C19H14ClNO6. The summed E-state index contributed by atoms with van der Waals surface area (Å²) in [4.78, 5) is 49.2. The molecule has 3 rings (SSSR count). The molecule has 2 aromatic rings. The molecule has 0 saturated heterocycles. The maximum absolute atomic E-state index is 12.2. The zero-order chi connectivity index (χ0) is 19.7. The molecular weight excluding hydrogens is 374 g/mol. The van der Waals surface area contributed by atoms with E-state index in [2.05, 4.69) is 0 Å². The molecule has 0 spiro atoms. The number of esters is 1. The number of nitrogens with zero attached hydrogens (tertiary/aromatic N) is 1. The molecule has 0 unspecified atom stereocenters. The van der Waals surface area contributed by atoms with Crippen molar-refractivity contribution in [3.63, 3.8) is 0 Å². The van der Waals surface area contributed by atoms with Gasteiger partial charge in [0.1, 0.15) is 5.75 Å². The molecule has 2 amide bonds. The molecule has 0 saturated carbocycles. The van der Waals surface area contributed by atoms with Crippen molar-refractivity contribution in [3.8, 4) is 5.75 Å². The zero-order valence-corrected chi connectivity index (χ0v) is 15.2. The van der Waals surface area contributed by atoms with E-state index >= 15 is 0 Å². The van der Waals surface area contributed by atoms with Gasteiger partial charge in [0, 0.05) is 12.6 Å². The van der Waals surface area contributed by atoms with Gasteiger partial charge in [-0.15, -0.1) is 0 Å². The van der Waals surface area contributed by atoms with E-state index in [1.807, 2.05) is 0 Å². The molecule has 0 radical (unpaired) electrons. The number of ketones is 1. The largest absolute Gasteiger partial charge is 0.495 e. The lowest BCUT2D eigenvalue weighted by molar-refractivity contribution is 0.0474. The molecule has 0 N–H and O–H groups in total. The minimum absolute atomic E-state index is 0.0748. The second-order valence-electron chi connectivity index (χ2n) is 5.78. The molecule has 138 valence electrons. The average molecular weight is 388 g/mol. The number of ether oxygens (including phenoxy) is 2. The van der Waals surface area contributed by atoms with Crippen LogP contribution in [-0.2, 0) is 4.74 Å². The number of hydrogen-bond acceptors (Lipinski definition) is 6. The van der Waals surface area contributed by atoms with Crippen LogP contribution >= 0.6 is 11.6 Å². The van der Waals surface area contributed by atoms with Crippen LogP contribution in [0.25, 0.3) is 0 Å². The molecule has 8 heteroatoms. The van der Waals surface area contributed by atoms with Gasteiger partial charge in [-0.25, -0.2) is 4.79 Å². The van der Waals surface area contributed by atoms with Crippen LogP contribution < -0.4 is 4.74 Å². The van der Waals surface area contributed by atoms with E-state index in [4.69, 9.17) is 21.1 Å². The Hall–Kier alpha value is -3.19. The summed E-state index contributed by atoms with van der Waals surface area (Å²) >= 11 is 5.98. The van der Waals surface area contributed by atoms with Crippen LogP contribution in [0.15, 0.2) is 36.4 Å². The Labute approximate surface area is 159 Å². The van der Waals surface area contributed by atoms with Crippen molar-refractivity contribution in [1.29, 1.82) is 0 Å². The molecule has 2 aromatic carbocycles. The van der Waals surface area contributed by atoms with E-state index in [1.165, 1.54) is 50.6 Å². The maximum atomic E-state index is 12.2. The van der Waals surface area contributed by atoms with E-state index in [0.717, 1.165) is 4.90 Å². The molecule has 1 aliphatic heterocycles. The summed E-state index contributed by atoms with van der Waals surface area (Å²) in [6, 6.07) is 8.52. The van der Waals surface area contributed by atoms with Gasteiger partial charge in [-0.1, -0.05) is 11.6 Å². The highest BCUT2D eigenvalue weighted by Gasteiger charge is 2.33. The highest BCUT2D eigenvalue weighted by atomic mass is 35.5. The summed E-state index contributed by atoms with van der Waals surface area (Å²) in [5.41, 5.74) is 0.698. The second kappa shape index (κ2) is 7.20. The summed E-state index contributed by atoms with van der Waals surface area (Å²) in [6.45, 7) is -0.495. The first kappa shape index (κ1) is 18.6. The van der Waals surface area contributed by atoms with E-state index in [1.54, 1.807) is 0 Å². The topological polar surface area (TPSA) is 90.0 Å². The molecule has 27 heavy (non-hydrogen) atoms. The first-order valence-corrected chi connectivity index (χ1v) is 8.21. The van der Waals surface area contributed by atoms with Gasteiger partial charge in [-0.2, -0.15) is 0 Å². The second-order valence-corrected chi connectivity index (χ2v) is 6.19. The fraction of sp³-hybridized carbons (Fsp3) is 0.158. The highest BCUT2D eigenvalue weighted by molar-refractivity contribution is 6.32. The first-order chi connectivity index (χ1) is 12.8. The summed E-state index contributed by atoms with van der Waals surface area (Å²) < 4.78 is 10.0. The van der Waals surface area contributed by atoms with Gasteiger partial charge in [-0.3, -0.25) is 19.3 Å². The molecule has 0 atom stereocenters. The number of halogens is 1. The molecule has 0 aromatic heterocycles. The normalized spacial score (nSPS) is 12.8. The van der Waals surface area contributed by atoms with E-state index in [-0.39, 0.29) is 27.3 Å². The number of Topliss-reactive ketones (excluding diaryl/α,β-unsaturated/α-hetero) is 1. The summed E-state index contributed by atoms with van der Waals surface area (Å²) in [6.07, 6.45) is 0. The molecule has 1 aliphatic rings. The highest BCUT2D eigenvalue weighted by Crippen LogP contribution is 2.25. The number of methoxy groups -OCH3 is 1. The third kappa shape index (κ3) is 3.41. The Balaban J connectivity index is 1.70. The van der Waals surface area contributed by atoms with Gasteiger partial charge in [0.25, 0.3) is 11.8 Å². The van der Waals surface area contributed by atoms with Crippen LogP contribution in [0.1, 0.15) is 41.4 Å². The monoisotopic (exact) mass is 387 g/mol. The smallest absolute Gasteiger partial charge is 0.338 e. The van der Waals surface area contributed by atoms with Crippen molar-refractivity contribution >= 4 is 35.2 Å². The number of imide groups is 1. The third-order valence-electron chi connectivity index (χ3n) is 4.13. The zero-order valence-electron chi connectivity index (χ0n) is 14.4. The Kier molecular flexibility index (Phi) is 4.96. The quantitative estimate of drug-likeness (QED) is 0.445. The number of carbonyl (C=O) groups excluding carboxylic acids is 4. The van der Waals surface area contributed by atoms with Crippen LogP contribution in [0.2, 0.25) is 5.02 Å². The Morgan fingerprint density at radius 3 is 2.33 bits per heavy atom. The molecule has 0 aliphatic carbocycles. The number of hydrogen-bond donors (Lipinski definition) is 0. The lowest BCUT2D eigenvalue weighted by Gasteiger charge is -2.07. The number of rotatable bonds is 5. The van der Waals surface area contributed by atoms with Crippen LogP contribution in [0.4, 0.5) is 0 Å². The average Bonchev–Trinajstić information content (AvgIpc) is 2.89. The molecule has 0 fully saturated rings. The summed E-state index contributed by atoms with van der Waals surface area (Å²) in [5, 5.41) is 0.264. The van der Waals surface area contributed by atoms with E-state index in [0.29, 0.717) is 5.75 Å². The van der Waals surface area contributed by atoms with E-state index < -0.39 is 30.2 Å². The number of carbonyl (C=O) groups is 4. The maximum Gasteiger partial charge on any atom is 0.338 e. The van der Waals surface area contributed by atoms with Gasteiger partial charge in [-0.05, 0) is 36.4 Å². The Morgan fingerprint density at radius 1 is 1.00 bits per heavy atom. The van der Waals surface area contributed by atoms with Gasteiger partial charge in [0.15, 0.2) is 12.4 Å². The summed E-state index contributed by atoms with van der Waals surface area (Å²) in [5.74, 6) is -1.72. The SMILES string of the molecule is COc1ccc(C(=O)COC(=O)c2ccc3c(c2)C(=O)N(C)C3=O)cc1Cl. The minimum atomic E-state index is -0.777. The number of amides is 2. The lowest BCUT2D eigenvalue weighted by atomic mass is 10.1.